The van der Waals surface area contributed by atoms with Gasteiger partial charge >= 0.3 is 0 Å². The van der Waals surface area contributed by atoms with Gasteiger partial charge in [0, 0.05) is 12.6 Å². The van der Waals surface area contributed by atoms with Crippen molar-refractivity contribution in [3.8, 4) is 5.75 Å². The second-order valence-corrected chi connectivity index (χ2v) is 4.80. The number of amides is 1. The number of nitrogens with one attached hydrogen (secondary N) is 2. The molecule has 1 aromatic carbocycles. The van der Waals surface area contributed by atoms with Crippen LogP contribution >= 0.6 is 0 Å². The third-order valence-electron chi connectivity index (χ3n) is 2.93. The molecule has 1 saturated carbocycles. The topological polar surface area (TPSA) is 50.4 Å². The van der Waals surface area contributed by atoms with Crippen molar-refractivity contribution in [2.24, 2.45) is 0 Å². The number of halogens is 2. The lowest BCUT2D eigenvalue weighted by Crippen LogP contribution is -2.30. The Morgan fingerprint density at radius 1 is 1.35 bits per heavy atom. The van der Waals surface area contributed by atoms with Crippen LogP contribution in [0.3, 0.4) is 0 Å². The summed E-state index contributed by atoms with van der Waals surface area (Å²) in [5.74, 6) is -2.45. The minimum absolute atomic E-state index is 0.197. The Bertz CT molecular complexity index is 467. The molecule has 2 N–H and O–H groups in total. The van der Waals surface area contributed by atoms with Crippen molar-refractivity contribution >= 4 is 5.91 Å². The van der Waals surface area contributed by atoms with E-state index >= 15 is 0 Å². The number of rotatable bonds is 7. The Hall–Kier alpha value is -1.69. The van der Waals surface area contributed by atoms with Crippen LogP contribution in [0.4, 0.5) is 8.78 Å². The molecule has 0 bridgehead atoms. The molecule has 0 saturated heterocycles. The zero-order valence-corrected chi connectivity index (χ0v) is 11.3. The lowest BCUT2D eigenvalue weighted by molar-refractivity contribution is -0.123. The van der Waals surface area contributed by atoms with Gasteiger partial charge in [-0.2, -0.15) is 0 Å². The standard InChI is InChI=1S/C14H18F2N2O2/c1-2-17-7-9-5-11(15)14(12(16)6-9)20-8-13(19)18-10-3-4-10/h5-6,10,17H,2-4,7-8H2,1H3,(H,18,19). The van der Waals surface area contributed by atoms with Gasteiger partial charge in [-0.25, -0.2) is 8.78 Å². The second-order valence-electron chi connectivity index (χ2n) is 4.80. The first-order valence-corrected chi connectivity index (χ1v) is 6.71. The Morgan fingerprint density at radius 3 is 2.55 bits per heavy atom. The Morgan fingerprint density at radius 2 is 2.00 bits per heavy atom. The van der Waals surface area contributed by atoms with Gasteiger partial charge in [-0.05, 0) is 37.1 Å². The van der Waals surface area contributed by atoms with Crippen molar-refractivity contribution in [1.29, 1.82) is 0 Å². The van der Waals surface area contributed by atoms with Gasteiger partial charge in [0.2, 0.25) is 0 Å². The summed E-state index contributed by atoms with van der Waals surface area (Å²) in [6.45, 7) is 2.62. The minimum atomic E-state index is -0.794. The summed E-state index contributed by atoms with van der Waals surface area (Å²) in [7, 11) is 0. The summed E-state index contributed by atoms with van der Waals surface area (Å²) >= 11 is 0. The summed E-state index contributed by atoms with van der Waals surface area (Å²) in [4.78, 5) is 11.4. The Kier molecular flexibility index (Phi) is 4.89. The van der Waals surface area contributed by atoms with E-state index in [9.17, 15) is 13.6 Å². The van der Waals surface area contributed by atoms with Crippen molar-refractivity contribution in [2.75, 3.05) is 13.2 Å². The number of benzene rings is 1. The number of ether oxygens (including phenoxy) is 1. The average Bonchev–Trinajstić information content (AvgIpc) is 3.19. The molecule has 1 fully saturated rings. The molecule has 0 aliphatic heterocycles. The molecule has 6 heteroatoms. The van der Waals surface area contributed by atoms with E-state index in [1.54, 1.807) is 0 Å². The van der Waals surface area contributed by atoms with E-state index in [2.05, 4.69) is 10.6 Å². The van der Waals surface area contributed by atoms with Crippen molar-refractivity contribution in [3.63, 3.8) is 0 Å². The van der Waals surface area contributed by atoms with Crippen LogP contribution in [0.15, 0.2) is 12.1 Å². The van der Waals surface area contributed by atoms with Crippen molar-refractivity contribution in [1.82, 2.24) is 10.6 Å². The SMILES string of the molecule is CCNCc1cc(F)c(OCC(=O)NC2CC2)c(F)c1. The van der Waals surface area contributed by atoms with Gasteiger partial charge in [-0.15, -0.1) is 0 Å². The summed E-state index contributed by atoms with van der Waals surface area (Å²) in [5.41, 5.74) is 0.497. The zero-order valence-electron chi connectivity index (χ0n) is 11.3. The third kappa shape index (κ3) is 4.16. The first-order valence-electron chi connectivity index (χ1n) is 6.71. The molecule has 0 atom stereocenters. The third-order valence-corrected chi connectivity index (χ3v) is 2.93. The number of carbonyl (C=O) groups excluding carboxylic acids is 1. The fourth-order valence-electron chi connectivity index (χ4n) is 1.76. The summed E-state index contributed by atoms with van der Waals surface area (Å²) in [6, 6.07) is 2.61. The molecule has 0 heterocycles. The normalized spacial score (nSPS) is 14.2. The van der Waals surface area contributed by atoms with E-state index in [1.807, 2.05) is 6.92 Å². The molecule has 0 unspecified atom stereocenters. The molecule has 1 aromatic rings. The maximum absolute atomic E-state index is 13.7. The molecule has 0 radical (unpaired) electrons. The lowest BCUT2D eigenvalue weighted by Gasteiger charge is -2.10. The van der Waals surface area contributed by atoms with Gasteiger partial charge in [0.1, 0.15) is 0 Å². The molecule has 4 nitrogen and oxygen atoms in total. The highest BCUT2D eigenvalue weighted by molar-refractivity contribution is 5.78. The van der Waals surface area contributed by atoms with Crippen molar-refractivity contribution in [2.45, 2.75) is 32.4 Å². The molecule has 110 valence electrons. The quantitative estimate of drug-likeness (QED) is 0.802. The molecule has 2 rings (SSSR count). The lowest BCUT2D eigenvalue weighted by atomic mass is 10.2. The second kappa shape index (κ2) is 6.65. The van der Waals surface area contributed by atoms with Gasteiger partial charge < -0.3 is 15.4 Å². The molecular weight excluding hydrogens is 266 g/mol. The number of hydrogen-bond acceptors (Lipinski definition) is 3. The minimum Gasteiger partial charge on any atom is -0.478 e. The van der Waals surface area contributed by atoms with Crippen LogP contribution in [0.5, 0.6) is 5.75 Å². The van der Waals surface area contributed by atoms with Crippen LogP contribution in [0, 0.1) is 11.6 Å². The van der Waals surface area contributed by atoms with Crippen molar-refractivity contribution in [3.05, 3.63) is 29.3 Å². The average molecular weight is 284 g/mol. The number of carbonyl (C=O) groups is 1. The maximum atomic E-state index is 13.7. The van der Waals surface area contributed by atoms with E-state index in [-0.39, 0.29) is 18.6 Å². The largest absolute Gasteiger partial charge is 0.478 e. The molecule has 0 aromatic heterocycles. The van der Waals surface area contributed by atoms with Crippen LogP contribution in [0.25, 0.3) is 0 Å². The van der Waals surface area contributed by atoms with Crippen molar-refractivity contribution < 1.29 is 18.3 Å². The summed E-state index contributed by atoms with van der Waals surface area (Å²) < 4.78 is 32.4. The first kappa shape index (κ1) is 14.7. The monoisotopic (exact) mass is 284 g/mol. The van der Waals surface area contributed by atoms with Crippen LogP contribution in [-0.2, 0) is 11.3 Å². The number of hydrogen-bond donors (Lipinski definition) is 2. The highest BCUT2D eigenvalue weighted by Gasteiger charge is 2.23. The van der Waals surface area contributed by atoms with Gasteiger partial charge in [0.25, 0.3) is 5.91 Å². The van der Waals surface area contributed by atoms with Crippen LogP contribution in [0.2, 0.25) is 0 Å². The van der Waals surface area contributed by atoms with E-state index in [4.69, 9.17) is 4.74 Å². The Labute approximate surface area is 116 Å². The van der Waals surface area contributed by atoms with Crippen LogP contribution in [0.1, 0.15) is 25.3 Å². The predicted molar refractivity (Wildman–Crippen MR) is 70.4 cm³/mol. The van der Waals surface area contributed by atoms with Gasteiger partial charge in [0.15, 0.2) is 24.0 Å². The highest BCUT2D eigenvalue weighted by atomic mass is 19.1. The van der Waals surface area contributed by atoms with Gasteiger partial charge in [0.05, 0.1) is 0 Å². The zero-order chi connectivity index (χ0) is 14.5. The fraction of sp³-hybridized carbons (Fsp3) is 0.500. The van der Waals surface area contributed by atoms with E-state index in [1.165, 1.54) is 12.1 Å². The van der Waals surface area contributed by atoms with Gasteiger partial charge in [-0.1, -0.05) is 6.92 Å². The van der Waals surface area contributed by atoms with E-state index in [0.29, 0.717) is 18.7 Å². The van der Waals surface area contributed by atoms with Crippen LogP contribution < -0.4 is 15.4 Å². The summed E-state index contributed by atoms with van der Waals surface area (Å²) in [6.07, 6.45) is 1.90. The summed E-state index contributed by atoms with van der Waals surface area (Å²) in [5, 5.41) is 5.66. The van der Waals surface area contributed by atoms with E-state index in [0.717, 1.165) is 12.8 Å². The van der Waals surface area contributed by atoms with Gasteiger partial charge in [-0.3, -0.25) is 4.79 Å². The fourth-order valence-corrected chi connectivity index (χ4v) is 1.76. The molecule has 1 aliphatic rings. The first-order chi connectivity index (χ1) is 9.60. The predicted octanol–water partition coefficient (Wildman–Crippen LogP) is 1.73. The Balaban J connectivity index is 1.94. The smallest absolute Gasteiger partial charge is 0.258 e. The molecule has 20 heavy (non-hydrogen) atoms. The molecule has 0 spiro atoms. The molecular formula is C14H18F2N2O2. The highest BCUT2D eigenvalue weighted by Crippen LogP contribution is 2.23. The molecule has 1 aliphatic carbocycles. The van der Waals surface area contributed by atoms with Crippen LogP contribution in [-0.4, -0.2) is 25.1 Å². The molecule has 1 amide bonds. The van der Waals surface area contributed by atoms with E-state index < -0.39 is 17.4 Å². The maximum Gasteiger partial charge on any atom is 0.258 e.